The molecule has 0 aliphatic carbocycles. The van der Waals surface area contributed by atoms with Gasteiger partial charge in [-0.3, -0.25) is 19.2 Å². The number of hydrogen-bond acceptors (Lipinski definition) is 36. The van der Waals surface area contributed by atoms with Crippen molar-refractivity contribution in [2.45, 2.75) is 236 Å². The van der Waals surface area contributed by atoms with Gasteiger partial charge in [0, 0.05) is 27.7 Å². The molecule has 23 N–H and O–H groups in total. The lowest BCUT2D eigenvalue weighted by Crippen LogP contribution is -2.70. The Morgan fingerprint density at radius 1 is 0.411 bits per heavy atom. The van der Waals surface area contributed by atoms with Gasteiger partial charge in [-0.05, 0) is 0 Å². The number of carbonyl (C=O) groups excluding carboxylic acids is 5. The molecule has 40 heteroatoms. The van der Waals surface area contributed by atoms with Gasteiger partial charge in [-0.25, -0.2) is 0 Å². The zero-order chi connectivity index (χ0) is 66.9. The van der Waals surface area contributed by atoms with Crippen LogP contribution < -0.4 is 21.3 Å². The number of aliphatic hydroxyl groups is 19. The molecule has 0 aromatic carbocycles. The van der Waals surface area contributed by atoms with Crippen molar-refractivity contribution in [3.05, 3.63) is 0 Å². The maximum Gasteiger partial charge on any atom is 0.217 e. The lowest BCUT2D eigenvalue weighted by molar-refractivity contribution is -0.395. The number of ether oxygens (including phenoxy) is 12. The minimum Gasteiger partial charge on any atom is -0.394 e. The molecule has 0 saturated carbocycles. The van der Waals surface area contributed by atoms with Gasteiger partial charge in [0.1, 0.15) is 177 Å². The Bertz CT molecular complexity index is 2290. The van der Waals surface area contributed by atoms with Crippen molar-refractivity contribution in [3.8, 4) is 0 Å². The number of nitrogens with one attached hydrogen (secondary N) is 4. The van der Waals surface area contributed by atoms with E-state index >= 15 is 0 Å². The van der Waals surface area contributed by atoms with Gasteiger partial charge in [0.2, 0.25) is 23.6 Å². The Morgan fingerprint density at radius 3 is 1.21 bits per heavy atom. The van der Waals surface area contributed by atoms with Crippen LogP contribution in [0.15, 0.2) is 0 Å². The monoisotopic (exact) mass is 1320 g/mol. The topological polar surface area (TPSA) is 629 Å². The molecular formula is C50H84N4O36. The molecule has 4 amide bonds. The number of carbonyl (C=O) groups is 5. The predicted octanol–water partition coefficient (Wildman–Crippen LogP) is -15.9. The highest BCUT2D eigenvalue weighted by atomic mass is 16.8. The summed E-state index contributed by atoms with van der Waals surface area (Å²) < 4.78 is 70.7. The summed E-state index contributed by atoms with van der Waals surface area (Å²) in [5, 5.41) is 218. The first-order valence-electron chi connectivity index (χ1n) is 28.4. The Balaban J connectivity index is 1.40. The lowest BCUT2D eigenvalue weighted by atomic mass is 9.94. The number of aliphatic hydroxyl groups excluding tert-OH is 19. The Kier molecular flexibility index (Phi) is 28.1. The first-order chi connectivity index (χ1) is 42.5. The van der Waals surface area contributed by atoms with E-state index in [1.165, 1.54) is 0 Å². The van der Waals surface area contributed by atoms with Crippen LogP contribution in [0.2, 0.25) is 0 Å². The minimum absolute atomic E-state index is 0.0528. The third kappa shape index (κ3) is 17.4. The van der Waals surface area contributed by atoms with Gasteiger partial charge < -0.3 is 180 Å². The van der Waals surface area contributed by atoms with Crippen LogP contribution in [0.1, 0.15) is 27.7 Å². The molecule has 90 heavy (non-hydrogen) atoms. The summed E-state index contributed by atoms with van der Waals surface area (Å²) in [6.45, 7) is -3.63. The van der Waals surface area contributed by atoms with Gasteiger partial charge in [-0.2, -0.15) is 0 Å². The molecule has 6 fully saturated rings. The fourth-order valence-electron chi connectivity index (χ4n) is 11.0. The first kappa shape index (κ1) is 75.3. The average molecular weight is 1320 g/mol. The van der Waals surface area contributed by atoms with Crippen molar-refractivity contribution in [2.24, 2.45) is 0 Å². The quantitative estimate of drug-likeness (QED) is 0.0340. The number of hydrogen-bond donors (Lipinski definition) is 23. The molecule has 34 unspecified atom stereocenters. The van der Waals surface area contributed by atoms with E-state index in [-0.39, 0.29) is 6.29 Å². The number of amides is 4. The number of rotatable bonds is 27. The first-order valence-corrected chi connectivity index (χ1v) is 28.4. The highest BCUT2D eigenvalue weighted by Crippen LogP contribution is 2.37. The van der Waals surface area contributed by atoms with Crippen LogP contribution in [0, 0.1) is 0 Å². The molecule has 0 aromatic rings. The fraction of sp³-hybridized carbons (Fsp3) is 0.900. The van der Waals surface area contributed by atoms with Crippen LogP contribution in [0.4, 0.5) is 0 Å². The molecule has 0 bridgehead atoms. The summed E-state index contributed by atoms with van der Waals surface area (Å²) in [5.41, 5.74) is 0. The van der Waals surface area contributed by atoms with Gasteiger partial charge >= 0.3 is 0 Å². The Labute approximate surface area is 510 Å². The molecular weight excluding hydrogens is 1230 g/mol. The van der Waals surface area contributed by atoms with Gasteiger partial charge in [0.15, 0.2) is 37.7 Å². The van der Waals surface area contributed by atoms with Gasteiger partial charge in [0.25, 0.3) is 0 Å². The standard InChI is InChI=1S/C50H84N4O36/c1-13(62)51-17(5-55)28(67)40(18(66)6-56)86-47-27(54-16(4)65)36(75)41(23(11-61)84-47)87-48-39(78)42(88-50-44(38(77)32(71)22(10-60)83-50)90-46-26(53-15(3)64)35(74)30(69)20(8-58)81-46)33(72)24(85-48)12-79-49-43(37(76)31(70)21(9-59)82-49)89-45-25(52-14(2)63)34(73)29(68)19(7-57)80-45/h5,17-50,56-61,66-78H,6-12H2,1-4H3,(H,51,62)(H,52,63)(H,53,64)(H,54,65). The summed E-state index contributed by atoms with van der Waals surface area (Å²) in [6, 6.07) is -7.19. The van der Waals surface area contributed by atoms with Crippen LogP contribution in [-0.2, 0) is 80.8 Å². The summed E-state index contributed by atoms with van der Waals surface area (Å²) in [7, 11) is 0. The zero-order valence-corrected chi connectivity index (χ0v) is 48.6. The summed E-state index contributed by atoms with van der Waals surface area (Å²) in [5.74, 6) is -3.45. The molecule has 40 nitrogen and oxygen atoms in total. The Morgan fingerprint density at radius 2 is 0.789 bits per heavy atom. The largest absolute Gasteiger partial charge is 0.394 e. The van der Waals surface area contributed by atoms with E-state index in [4.69, 9.17) is 56.8 Å². The summed E-state index contributed by atoms with van der Waals surface area (Å²) >= 11 is 0. The van der Waals surface area contributed by atoms with E-state index in [2.05, 4.69) is 21.3 Å². The highest BCUT2D eigenvalue weighted by Gasteiger charge is 2.58. The van der Waals surface area contributed by atoms with E-state index in [1.54, 1.807) is 0 Å². The van der Waals surface area contributed by atoms with Gasteiger partial charge in [0.05, 0.1) is 46.2 Å². The third-order valence-electron chi connectivity index (χ3n) is 15.7. The van der Waals surface area contributed by atoms with E-state index in [0.29, 0.717) is 0 Å². The van der Waals surface area contributed by atoms with Crippen molar-refractivity contribution < 1.29 is 178 Å². The van der Waals surface area contributed by atoms with Crippen LogP contribution in [0.3, 0.4) is 0 Å². The average Bonchev–Trinajstić information content (AvgIpc) is 0.834. The fourth-order valence-corrected chi connectivity index (χ4v) is 11.0. The lowest BCUT2D eigenvalue weighted by Gasteiger charge is -2.50. The maximum atomic E-state index is 12.8. The maximum absolute atomic E-state index is 12.8. The van der Waals surface area contributed by atoms with Crippen molar-refractivity contribution in [1.82, 2.24) is 21.3 Å². The van der Waals surface area contributed by atoms with Crippen molar-refractivity contribution in [3.63, 3.8) is 0 Å². The zero-order valence-electron chi connectivity index (χ0n) is 48.6. The van der Waals surface area contributed by atoms with E-state index < -0.39 is 278 Å². The SMILES string of the molecule is CC(=O)NC(C=O)C(O)C(OC1OC(CO)C(OC2OC(COC3OC(CO)C(O)C(O)C3OC3OC(CO)C(O)C(O)C3NC(C)=O)C(O)C(OC3OC(CO)C(O)C(O)C3OC3OC(CO)C(O)C(O)C3NC(C)=O)C2O)C(O)C1NC(C)=O)C(O)CO. The third-order valence-corrected chi connectivity index (χ3v) is 15.7. The molecule has 520 valence electrons. The van der Waals surface area contributed by atoms with E-state index in [0.717, 1.165) is 27.7 Å². The smallest absolute Gasteiger partial charge is 0.217 e. The second-order valence-corrected chi connectivity index (χ2v) is 22.2. The summed E-state index contributed by atoms with van der Waals surface area (Å²) in [6.07, 6.45) is -61.8. The number of aldehydes is 1. The Hall–Kier alpha value is -3.69. The normalized spacial score (nSPS) is 43.9. The van der Waals surface area contributed by atoms with E-state index in [9.17, 15) is 121 Å². The molecule has 0 aromatic heterocycles. The van der Waals surface area contributed by atoms with Crippen LogP contribution in [-0.4, -0.2) is 382 Å². The van der Waals surface area contributed by atoms with E-state index in [1.807, 2.05) is 0 Å². The van der Waals surface area contributed by atoms with Crippen LogP contribution in [0.5, 0.6) is 0 Å². The van der Waals surface area contributed by atoms with Crippen LogP contribution in [0.25, 0.3) is 0 Å². The molecule has 6 aliphatic heterocycles. The van der Waals surface area contributed by atoms with Gasteiger partial charge in [-0.15, -0.1) is 0 Å². The van der Waals surface area contributed by atoms with Gasteiger partial charge in [-0.1, -0.05) is 0 Å². The molecule has 6 rings (SSSR count). The molecule has 34 atom stereocenters. The van der Waals surface area contributed by atoms with Crippen molar-refractivity contribution >= 4 is 29.9 Å². The van der Waals surface area contributed by atoms with Crippen molar-refractivity contribution in [2.75, 3.05) is 46.2 Å². The van der Waals surface area contributed by atoms with Crippen LogP contribution >= 0.6 is 0 Å². The molecule has 0 spiro atoms. The minimum atomic E-state index is -2.48. The second kappa shape index (κ2) is 33.6. The molecule has 0 radical (unpaired) electrons. The molecule has 6 saturated heterocycles. The molecule has 6 heterocycles. The summed E-state index contributed by atoms with van der Waals surface area (Å²) in [4.78, 5) is 61.3. The van der Waals surface area contributed by atoms with Crippen molar-refractivity contribution in [1.29, 1.82) is 0 Å². The second-order valence-electron chi connectivity index (χ2n) is 22.2. The highest BCUT2D eigenvalue weighted by molar-refractivity contribution is 5.77. The predicted molar refractivity (Wildman–Crippen MR) is 279 cm³/mol. The molecule has 6 aliphatic rings.